The fraction of sp³-hybridized carbons (Fsp3) is 0.312. The second kappa shape index (κ2) is 7.26. The molecule has 125 valence electrons. The van der Waals surface area contributed by atoms with Crippen molar-refractivity contribution in [3.63, 3.8) is 0 Å². The topological polar surface area (TPSA) is 58.9 Å². The Labute approximate surface area is 139 Å². The molecule has 8 heteroatoms. The number of esters is 1. The molecule has 0 aliphatic carbocycles. The molecular weight excluding hydrogens is 315 g/mol. The molecule has 0 saturated carbocycles. The first-order valence-electron chi connectivity index (χ1n) is 7.33. The Morgan fingerprint density at radius 2 is 2.08 bits per heavy atom. The smallest absolute Gasteiger partial charge is 0.308 e. The number of hydrogen-bond acceptors (Lipinski definition) is 3. The average molecular weight is 332 g/mol. The van der Waals surface area contributed by atoms with Gasteiger partial charge in [-0.1, -0.05) is 30.3 Å². The van der Waals surface area contributed by atoms with Crippen molar-refractivity contribution in [1.29, 1.82) is 5.26 Å². The fourth-order valence-electron chi connectivity index (χ4n) is 2.43. The van der Waals surface area contributed by atoms with E-state index in [2.05, 4.69) is 0 Å². The van der Waals surface area contributed by atoms with Gasteiger partial charge in [0, 0.05) is 0 Å². The summed E-state index contributed by atoms with van der Waals surface area (Å²) >= 11 is 0. The Bertz CT molecular complexity index is 737. The molecule has 0 amide bonds. The van der Waals surface area contributed by atoms with Crippen LogP contribution in [0.5, 0.6) is 0 Å². The van der Waals surface area contributed by atoms with Crippen molar-refractivity contribution in [1.82, 2.24) is 4.57 Å². The number of rotatable bonds is 6. The van der Waals surface area contributed by atoms with Gasteiger partial charge in [-0.25, -0.2) is 0 Å². The first-order valence-corrected chi connectivity index (χ1v) is 7.33. The lowest BCUT2D eigenvalue weighted by molar-refractivity contribution is -0.653. The second-order valence-corrected chi connectivity index (χ2v) is 5.52. The molecule has 0 saturated heterocycles. The summed E-state index contributed by atoms with van der Waals surface area (Å²) in [6, 6.07) is 8.79. The minimum absolute atomic E-state index is 0.0785. The summed E-state index contributed by atoms with van der Waals surface area (Å²) in [4.78, 5) is 11.8. The summed E-state index contributed by atoms with van der Waals surface area (Å²) in [7, 11) is 3.15. The summed E-state index contributed by atoms with van der Waals surface area (Å²) in [6.07, 6.45) is 2.00. The molecule has 24 heavy (non-hydrogen) atoms. The van der Waals surface area contributed by atoms with Gasteiger partial charge in [0.1, 0.15) is 24.8 Å². The van der Waals surface area contributed by atoms with Crippen LogP contribution in [-0.2, 0) is 30.2 Å². The summed E-state index contributed by atoms with van der Waals surface area (Å²) in [5.74, 6) is -2.97. The van der Waals surface area contributed by atoms with Gasteiger partial charge in [-0.05, 0) is 5.56 Å². The van der Waals surface area contributed by atoms with Crippen LogP contribution >= 0.6 is 0 Å². The number of ether oxygens (including phenoxy) is 1. The molecule has 0 fully saturated rings. The molecule has 0 bridgehead atoms. The van der Waals surface area contributed by atoms with Crippen molar-refractivity contribution >= 4 is 18.4 Å². The SMILES string of the molecule is Cn1cc[n+](C)c1[B-](C#N)C(F)(F)CC(=O)OCc1ccccc1. The number of carbonyl (C=O) groups excluding carboxylic acids is 1. The van der Waals surface area contributed by atoms with Crippen LogP contribution < -0.4 is 10.3 Å². The second-order valence-electron chi connectivity index (χ2n) is 5.52. The summed E-state index contributed by atoms with van der Waals surface area (Å²) in [5, 5.41) is 9.19. The highest BCUT2D eigenvalue weighted by Gasteiger charge is 2.39. The number of benzene rings is 1. The molecule has 0 aliphatic heterocycles. The van der Waals surface area contributed by atoms with Gasteiger partial charge in [0.2, 0.25) is 6.71 Å². The van der Waals surface area contributed by atoms with E-state index in [0.29, 0.717) is 5.56 Å². The molecule has 1 heterocycles. The zero-order valence-electron chi connectivity index (χ0n) is 13.4. The quantitative estimate of drug-likeness (QED) is 0.449. The molecule has 1 aromatic heterocycles. The molecule has 2 aromatic rings. The predicted octanol–water partition coefficient (Wildman–Crippen LogP) is 0.922. The van der Waals surface area contributed by atoms with Crippen molar-refractivity contribution in [2.45, 2.75) is 18.8 Å². The van der Waals surface area contributed by atoms with Crippen molar-refractivity contribution in [3.05, 3.63) is 48.3 Å². The number of aryl methyl sites for hydroxylation is 2. The van der Waals surface area contributed by atoms with E-state index in [9.17, 15) is 18.8 Å². The van der Waals surface area contributed by atoms with Crippen LogP contribution in [-0.4, -0.2) is 23.1 Å². The molecule has 0 aliphatic rings. The molecule has 1 aromatic carbocycles. The largest absolute Gasteiger partial charge is 0.461 e. The third-order valence-corrected chi connectivity index (χ3v) is 3.67. The van der Waals surface area contributed by atoms with Crippen molar-refractivity contribution < 1.29 is 22.9 Å². The highest BCUT2D eigenvalue weighted by molar-refractivity contribution is 6.80. The van der Waals surface area contributed by atoms with Crippen LogP contribution in [0.4, 0.5) is 8.78 Å². The Kier molecular flexibility index (Phi) is 5.34. The number of imidazole rings is 1. The maximum atomic E-state index is 14.4. The van der Waals surface area contributed by atoms with Gasteiger partial charge in [0.05, 0.1) is 26.2 Å². The molecule has 0 N–H and O–H groups in total. The van der Waals surface area contributed by atoms with E-state index in [0.717, 1.165) is 0 Å². The fourth-order valence-corrected chi connectivity index (χ4v) is 2.43. The lowest BCUT2D eigenvalue weighted by Gasteiger charge is -2.27. The van der Waals surface area contributed by atoms with Gasteiger partial charge in [0.15, 0.2) is 0 Å². The van der Waals surface area contributed by atoms with E-state index < -0.39 is 24.9 Å². The molecule has 1 radical (unpaired) electrons. The number of hydrogen-bond donors (Lipinski definition) is 0. The highest BCUT2D eigenvalue weighted by atomic mass is 19.3. The van der Waals surface area contributed by atoms with Crippen LogP contribution in [0, 0.1) is 11.2 Å². The Morgan fingerprint density at radius 1 is 1.42 bits per heavy atom. The van der Waals surface area contributed by atoms with Crippen LogP contribution in [0.2, 0.25) is 0 Å². The molecular formula is C16H17BF2N3O2. The first kappa shape index (κ1) is 17.7. The highest BCUT2D eigenvalue weighted by Crippen LogP contribution is 2.22. The Morgan fingerprint density at radius 3 is 2.62 bits per heavy atom. The zero-order chi connectivity index (χ0) is 17.7. The Hall–Kier alpha value is -2.69. The van der Waals surface area contributed by atoms with Crippen molar-refractivity contribution in [2.75, 3.05) is 0 Å². The predicted molar refractivity (Wildman–Crippen MR) is 83.4 cm³/mol. The lowest BCUT2D eigenvalue weighted by atomic mass is 9.44. The van der Waals surface area contributed by atoms with Crippen LogP contribution in [0.25, 0.3) is 0 Å². The average Bonchev–Trinajstić information content (AvgIpc) is 2.86. The monoisotopic (exact) mass is 332 g/mol. The third-order valence-electron chi connectivity index (χ3n) is 3.67. The third kappa shape index (κ3) is 3.99. The summed E-state index contributed by atoms with van der Waals surface area (Å²) < 4.78 is 36.7. The number of alkyl halides is 2. The van der Waals surface area contributed by atoms with Gasteiger partial charge in [-0.15, -0.1) is 0 Å². The van der Waals surface area contributed by atoms with E-state index in [1.165, 1.54) is 9.13 Å². The van der Waals surface area contributed by atoms with Gasteiger partial charge in [-0.2, -0.15) is 5.97 Å². The number of nitriles is 1. The van der Waals surface area contributed by atoms with E-state index in [-0.39, 0.29) is 12.3 Å². The van der Waals surface area contributed by atoms with Gasteiger partial charge in [0.25, 0.3) is 0 Å². The molecule has 5 nitrogen and oxygen atoms in total. The van der Waals surface area contributed by atoms with Crippen molar-refractivity contribution in [2.24, 2.45) is 14.1 Å². The summed E-state index contributed by atoms with van der Waals surface area (Å²) in [5.41, 5.74) is 0.832. The first-order chi connectivity index (χ1) is 11.3. The molecule has 2 rings (SSSR count). The van der Waals surface area contributed by atoms with Crippen molar-refractivity contribution in [3.8, 4) is 5.97 Å². The molecule has 0 spiro atoms. The minimum Gasteiger partial charge on any atom is -0.461 e. The number of halogens is 2. The van der Waals surface area contributed by atoms with E-state index in [1.807, 2.05) is 0 Å². The van der Waals surface area contributed by atoms with Crippen LogP contribution in [0.1, 0.15) is 12.0 Å². The Balaban J connectivity index is 2.06. The zero-order valence-corrected chi connectivity index (χ0v) is 13.4. The number of carbonyl (C=O) groups is 1. The number of nitrogens with zero attached hydrogens (tertiary/aromatic N) is 3. The van der Waals surface area contributed by atoms with Crippen LogP contribution in [0.3, 0.4) is 0 Å². The number of aromatic nitrogens is 2. The summed E-state index contributed by atoms with van der Waals surface area (Å²) in [6.45, 7) is -1.82. The van der Waals surface area contributed by atoms with Gasteiger partial charge >= 0.3 is 5.97 Å². The maximum absolute atomic E-state index is 14.4. The lowest BCUT2D eigenvalue weighted by Crippen LogP contribution is -2.62. The standard InChI is InChI=1S/C16H17BF2N3O2/c1-21-8-9-22(2)15(21)17(12-20)16(18,19)10-14(23)24-11-13-6-4-3-5-7-13/h3-9H,10-11H2,1-2H3. The van der Waals surface area contributed by atoms with Gasteiger partial charge in [-0.3, -0.25) is 28.0 Å². The molecule has 0 atom stereocenters. The van der Waals surface area contributed by atoms with Crippen LogP contribution in [0.15, 0.2) is 42.7 Å². The van der Waals surface area contributed by atoms with E-state index in [1.54, 1.807) is 62.8 Å². The van der Waals surface area contributed by atoms with E-state index >= 15 is 0 Å². The maximum Gasteiger partial charge on any atom is 0.308 e. The van der Waals surface area contributed by atoms with Gasteiger partial charge < -0.3 is 4.74 Å². The molecule has 0 unspecified atom stereocenters. The minimum atomic E-state index is -3.54. The van der Waals surface area contributed by atoms with E-state index in [4.69, 9.17) is 4.74 Å². The normalized spacial score (nSPS) is 11.3.